The van der Waals surface area contributed by atoms with Gasteiger partial charge in [-0.2, -0.15) is 0 Å². The van der Waals surface area contributed by atoms with Gasteiger partial charge in [-0.3, -0.25) is 13.9 Å². The number of aryl methyl sites for hydroxylation is 2. The van der Waals surface area contributed by atoms with Gasteiger partial charge in [0.15, 0.2) is 0 Å². The van der Waals surface area contributed by atoms with Crippen molar-refractivity contribution in [2.45, 2.75) is 75.9 Å². The molecule has 2 amide bonds. The molecule has 48 heavy (non-hydrogen) atoms. The van der Waals surface area contributed by atoms with Gasteiger partial charge < -0.3 is 10.2 Å². The zero-order valence-electron chi connectivity index (χ0n) is 27.2. The third-order valence-corrected chi connectivity index (χ3v) is 11.0. The van der Waals surface area contributed by atoms with Crippen LogP contribution in [-0.2, 0) is 32.6 Å². The first-order valence-electron chi connectivity index (χ1n) is 16.2. The summed E-state index contributed by atoms with van der Waals surface area (Å²) in [6.07, 6.45) is 5.21. The van der Waals surface area contributed by atoms with Crippen LogP contribution < -0.4 is 9.62 Å². The Bertz CT molecular complexity index is 1830. The first-order valence-corrected chi connectivity index (χ1v) is 18.4. The summed E-state index contributed by atoms with van der Waals surface area (Å²) in [5.74, 6) is -0.795. The van der Waals surface area contributed by atoms with Crippen molar-refractivity contribution in [3.63, 3.8) is 0 Å². The van der Waals surface area contributed by atoms with E-state index in [1.165, 1.54) is 17.0 Å². The quantitative estimate of drug-likeness (QED) is 0.162. The minimum atomic E-state index is -4.22. The molecule has 1 fully saturated rings. The number of hydrogen-bond acceptors (Lipinski definition) is 4. The lowest BCUT2D eigenvalue weighted by Gasteiger charge is -2.35. The maximum Gasteiger partial charge on any atom is 0.264 e. The van der Waals surface area contributed by atoms with Gasteiger partial charge in [0.25, 0.3) is 10.0 Å². The fraction of sp³-hybridized carbons (Fsp3) is 0.316. The molecule has 1 N–H and O–H groups in total. The number of hydrogen-bond donors (Lipinski definition) is 1. The Hall–Kier alpha value is -3.85. The topological polar surface area (TPSA) is 86.8 Å². The third-order valence-electron chi connectivity index (χ3n) is 8.78. The van der Waals surface area contributed by atoms with Crippen molar-refractivity contribution in [2.24, 2.45) is 0 Å². The molecular weight excluding hydrogens is 665 g/mol. The van der Waals surface area contributed by atoms with E-state index in [1.54, 1.807) is 55.5 Å². The number of halogens is 2. The van der Waals surface area contributed by atoms with Gasteiger partial charge in [-0.15, -0.1) is 0 Å². The molecule has 0 heterocycles. The van der Waals surface area contributed by atoms with Crippen LogP contribution >= 0.6 is 23.2 Å². The lowest BCUT2D eigenvalue weighted by molar-refractivity contribution is -0.140. The van der Waals surface area contributed by atoms with Crippen LogP contribution in [0.25, 0.3) is 0 Å². The first-order chi connectivity index (χ1) is 23.0. The highest BCUT2D eigenvalue weighted by atomic mass is 35.5. The van der Waals surface area contributed by atoms with Crippen molar-refractivity contribution < 1.29 is 18.0 Å². The molecule has 1 saturated carbocycles. The normalized spacial score (nSPS) is 14.2. The van der Waals surface area contributed by atoms with E-state index in [9.17, 15) is 18.0 Å². The van der Waals surface area contributed by atoms with Crippen molar-refractivity contribution in [3.05, 3.63) is 129 Å². The largest absolute Gasteiger partial charge is 0.352 e. The standard InChI is InChI=1S/C38H41Cl2N3O4S/c1-27-16-19-34(20-17-27)48(46,47)43(35-21-18-32(40)22-28(35)2)26-37(44)42(25-30-12-9-13-31(39)23-30)36(24-29-10-5-3-6-11-29)38(45)41-33-14-7-4-8-15-33/h3,5-6,9-13,16-23,33,36H,4,7-8,14-15,24-26H2,1-2H3,(H,41,45)/t36-/m1/s1. The number of amides is 2. The predicted octanol–water partition coefficient (Wildman–Crippen LogP) is 7.89. The smallest absolute Gasteiger partial charge is 0.264 e. The summed E-state index contributed by atoms with van der Waals surface area (Å²) < 4.78 is 29.8. The number of nitrogens with one attached hydrogen (secondary N) is 1. The van der Waals surface area contributed by atoms with Gasteiger partial charge in [-0.05, 0) is 85.8 Å². The third kappa shape index (κ3) is 8.98. The van der Waals surface area contributed by atoms with Crippen molar-refractivity contribution in [1.82, 2.24) is 10.2 Å². The van der Waals surface area contributed by atoms with E-state index in [0.29, 0.717) is 21.3 Å². The molecule has 0 radical (unpaired) electrons. The van der Waals surface area contributed by atoms with Crippen molar-refractivity contribution in [3.8, 4) is 0 Å². The van der Waals surface area contributed by atoms with Crippen LogP contribution in [0.1, 0.15) is 54.4 Å². The Balaban J connectivity index is 1.58. The summed E-state index contributed by atoms with van der Waals surface area (Å²) in [6, 6.07) is 27.2. The van der Waals surface area contributed by atoms with Crippen molar-refractivity contribution in [2.75, 3.05) is 10.8 Å². The van der Waals surface area contributed by atoms with Crippen molar-refractivity contribution >= 4 is 50.7 Å². The average Bonchev–Trinajstić information content (AvgIpc) is 3.06. The molecule has 1 aliphatic carbocycles. The van der Waals surface area contributed by atoms with E-state index in [2.05, 4.69) is 5.32 Å². The first kappa shape index (κ1) is 35.5. The second-order valence-corrected chi connectivity index (χ2v) is 15.2. The van der Waals surface area contributed by atoms with Crippen molar-refractivity contribution in [1.29, 1.82) is 0 Å². The second kappa shape index (κ2) is 16.0. The van der Waals surface area contributed by atoms with Crippen LogP contribution in [0.15, 0.2) is 102 Å². The van der Waals surface area contributed by atoms with E-state index in [0.717, 1.165) is 53.1 Å². The summed E-state index contributed by atoms with van der Waals surface area (Å²) in [5.41, 5.74) is 3.41. The van der Waals surface area contributed by atoms with E-state index >= 15 is 0 Å². The highest BCUT2D eigenvalue weighted by Gasteiger charge is 2.36. The molecule has 10 heteroatoms. The molecule has 1 atom stereocenters. The molecule has 0 aliphatic heterocycles. The lowest BCUT2D eigenvalue weighted by atomic mass is 9.94. The fourth-order valence-electron chi connectivity index (χ4n) is 6.18. The Kier molecular flexibility index (Phi) is 11.8. The summed E-state index contributed by atoms with van der Waals surface area (Å²) >= 11 is 12.6. The lowest BCUT2D eigenvalue weighted by Crippen LogP contribution is -2.55. The second-order valence-electron chi connectivity index (χ2n) is 12.5. The zero-order chi connectivity index (χ0) is 34.3. The molecule has 252 valence electrons. The summed E-state index contributed by atoms with van der Waals surface area (Å²) in [4.78, 5) is 30.5. The molecular formula is C38H41Cl2N3O4S. The SMILES string of the molecule is Cc1ccc(S(=O)(=O)N(CC(=O)N(Cc2cccc(Cl)c2)[C@H](Cc2ccccc2)C(=O)NC2CCCCC2)c2ccc(Cl)cc2C)cc1. The minimum Gasteiger partial charge on any atom is -0.352 e. The summed E-state index contributed by atoms with van der Waals surface area (Å²) in [6.45, 7) is 3.14. The van der Waals surface area contributed by atoms with Gasteiger partial charge in [0.2, 0.25) is 11.8 Å². The minimum absolute atomic E-state index is 0.0165. The molecule has 0 unspecified atom stereocenters. The summed E-state index contributed by atoms with van der Waals surface area (Å²) in [5, 5.41) is 4.16. The Morgan fingerprint density at radius 2 is 1.48 bits per heavy atom. The van der Waals surface area contributed by atoms with Crippen LogP contribution in [0.4, 0.5) is 5.69 Å². The van der Waals surface area contributed by atoms with E-state index < -0.39 is 28.5 Å². The van der Waals surface area contributed by atoms with Gasteiger partial charge in [0.05, 0.1) is 10.6 Å². The molecule has 0 bridgehead atoms. The van der Waals surface area contributed by atoms with Crippen LogP contribution in [0, 0.1) is 13.8 Å². The highest BCUT2D eigenvalue weighted by Crippen LogP contribution is 2.30. The molecule has 0 saturated heterocycles. The molecule has 0 aromatic heterocycles. The van der Waals surface area contributed by atoms with E-state index in [1.807, 2.05) is 43.3 Å². The number of nitrogens with zero attached hydrogens (tertiary/aromatic N) is 2. The number of carbonyl (C=O) groups is 2. The van der Waals surface area contributed by atoms with Gasteiger partial charge >= 0.3 is 0 Å². The Morgan fingerprint density at radius 1 is 0.812 bits per heavy atom. The molecule has 7 nitrogen and oxygen atoms in total. The van der Waals surface area contributed by atoms with Gasteiger partial charge in [0, 0.05) is 29.1 Å². The monoisotopic (exact) mass is 705 g/mol. The summed E-state index contributed by atoms with van der Waals surface area (Å²) in [7, 11) is -4.22. The highest BCUT2D eigenvalue weighted by molar-refractivity contribution is 7.92. The molecule has 4 aromatic carbocycles. The molecule has 4 aromatic rings. The number of rotatable bonds is 12. The van der Waals surface area contributed by atoms with Gasteiger partial charge in [-0.1, -0.05) is 103 Å². The Morgan fingerprint density at radius 3 is 2.15 bits per heavy atom. The van der Waals surface area contributed by atoms with Crippen LogP contribution in [0.5, 0.6) is 0 Å². The number of carbonyl (C=O) groups excluding carboxylic acids is 2. The fourth-order valence-corrected chi connectivity index (χ4v) is 8.10. The van der Waals surface area contributed by atoms with Gasteiger partial charge in [-0.25, -0.2) is 8.42 Å². The van der Waals surface area contributed by atoms with E-state index in [4.69, 9.17) is 23.2 Å². The average molecular weight is 707 g/mol. The Labute approximate surface area is 293 Å². The van der Waals surface area contributed by atoms with Gasteiger partial charge in [0.1, 0.15) is 12.6 Å². The van der Waals surface area contributed by atoms with Crippen LogP contribution in [-0.4, -0.2) is 43.8 Å². The molecule has 0 spiro atoms. The zero-order valence-corrected chi connectivity index (χ0v) is 29.6. The number of benzene rings is 4. The maximum absolute atomic E-state index is 14.7. The number of anilines is 1. The maximum atomic E-state index is 14.7. The van der Waals surface area contributed by atoms with E-state index in [-0.39, 0.29) is 29.8 Å². The van der Waals surface area contributed by atoms with Crippen LogP contribution in [0.2, 0.25) is 10.0 Å². The number of sulfonamides is 1. The molecule has 5 rings (SSSR count). The molecule has 1 aliphatic rings. The van der Waals surface area contributed by atoms with Crippen LogP contribution in [0.3, 0.4) is 0 Å². The predicted molar refractivity (Wildman–Crippen MR) is 193 cm³/mol.